The topological polar surface area (TPSA) is 75.3 Å². The van der Waals surface area contributed by atoms with E-state index in [1.54, 1.807) is 0 Å². The second-order valence-corrected chi connectivity index (χ2v) is 7.77. The molecule has 1 aliphatic heterocycles. The largest absolute Gasteiger partial charge is 0.383 e. The average Bonchev–Trinajstić information content (AvgIpc) is 2.73. The number of halogens is 1. The zero-order valence-electron chi connectivity index (χ0n) is 16.2. The molecule has 150 valence electrons. The van der Waals surface area contributed by atoms with Crippen molar-refractivity contribution in [2.45, 2.75) is 19.4 Å². The molecule has 4 rings (SSSR count). The van der Waals surface area contributed by atoms with Crippen LogP contribution in [-0.4, -0.2) is 51.9 Å². The van der Waals surface area contributed by atoms with Crippen LogP contribution in [-0.2, 0) is 17.8 Å². The second kappa shape index (κ2) is 8.76. The van der Waals surface area contributed by atoms with Crippen molar-refractivity contribution >= 4 is 34.2 Å². The van der Waals surface area contributed by atoms with E-state index in [1.807, 2.05) is 53.4 Å². The summed E-state index contributed by atoms with van der Waals surface area (Å²) in [4.78, 5) is 25.8. The van der Waals surface area contributed by atoms with Crippen LogP contribution < -0.4 is 5.73 Å². The number of anilines is 1. The fourth-order valence-electron chi connectivity index (χ4n) is 3.68. The standard InChI is InChI=1S/C22H24ClN5O/c23-17-5-3-4-16(14-17)8-9-21(29)28-12-10-27(11-13-28)15-20-25-19-7-2-1-6-18(19)22(24)26-20/h1-7,14H,8-13,15H2,(H2,24,25,26). The Morgan fingerprint density at radius 1 is 1.03 bits per heavy atom. The Labute approximate surface area is 175 Å². The summed E-state index contributed by atoms with van der Waals surface area (Å²) in [5, 5.41) is 1.59. The first-order valence-corrected chi connectivity index (χ1v) is 10.2. The van der Waals surface area contributed by atoms with Gasteiger partial charge < -0.3 is 10.6 Å². The molecule has 0 radical (unpaired) electrons. The van der Waals surface area contributed by atoms with Crippen LogP contribution in [0.5, 0.6) is 0 Å². The van der Waals surface area contributed by atoms with E-state index >= 15 is 0 Å². The van der Waals surface area contributed by atoms with Crippen molar-refractivity contribution in [3.63, 3.8) is 0 Å². The number of hydrogen-bond donors (Lipinski definition) is 1. The van der Waals surface area contributed by atoms with Gasteiger partial charge in [0, 0.05) is 43.0 Å². The maximum atomic E-state index is 12.5. The third-order valence-corrected chi connectivity index (χ3v) is 5.52. The first-order chi connectivity index (χ1) is 14.1. The van der Waals surface area contributed by atoms with Crippen molar-refractivity contribution in [1.82, 2.24) is 19.8 Å². The molecule has 2 N–H and O–H groups in total. The number of nitrogens with zero attached hydrogens (tertiary/aromatic N) is 4. The highest BCUT2D eigenvalue weighted by Gasteiger charge is 2.21. The fraction of sp³-hybridized carbons (Fsp3) is 0.318. The van der Waals surface area contributed by atoms with Gasteiger partial charge in [-0.15, -0.1) is 0 Å². The predicted molar refractivity (Wildman–Crippen MR) is 116 cm³/mol. The number of rotatable bonds is 5. The number of para-hydroxylation sites is 1. The Kier molecular flexibility index (Phi) is 5.92. The number of aromatic nitrogens is 2. The molecule has 6 nitrogen and oxygen atoms in total. The molecule has 1 saturated heterocycles. The van der Waals surface area contributed by atoms with Gasteiger partial charge in [-0.3, -0.25) is 9.69 Å². The molecule has 29 heavy (non-hydrogen) atoms. The normalized spacial score (nSPS) is 15.0. The van der Waals surface area contributed by atoms with E-state index in [-0.39, 0.29) is 5.91 Å². The summed E-state index contributed by atoms with van der Waals surface area (Å²) in [5.41, 5.74) is 8.04. The second-order valence-electron chi connectivity index (χ2n) is 7.33. The number of carbonyl (C=O) groups is 1. The van der Waals surface area contributed by atoms with Crippen molar-refractivity contribution in [2.75, 3.05) is 31.9 Å². The highest BCUT2D eigenvalue weighted by Crippen LogP contribution is 2.18. The first-order valence-electron chi connectivity index (χ1n) is 9.84. The van der Waals surface area contributed by atoms with Crippen LogP contribution in [0.4, 0.5) is 5.82 Å². The Morgan fingerprint density at radius 3 is 2.62 bits per heavy atom. The molecule has 1 fully saturated rings. The minimum Gasteiger partial charge on any atom is -0.383 e. The number of hydrogen-bond acceptors (Lipinski definition) is 5. The molecular weight excluding hydrogens is 386 g/mol. The molecular formula is C22H24ClN5O. The summed E-state index contributed by atoms with van der Waals surface area (Å²) in [6, 6.07) is 15.5. The lowest BCUT2D eigenvalue weighted by atomic mass is 10.1. The van der Waals surface area contributed by atoms with Crippen LogP contribution in [0.25, 0.3) is 10.9 Å². The van der Waals surface area contributed by atoms with Gasteiger partial charge in [-0.25, -0.2) is 9.97 Å². The lowest BCUT2D eigenvalue weighted by molar-refractivity contribution is -0.133. The van der Waals surface area contributed by atoms with Crippen LogP contribution in [0.2, 0.25) is 5.02 Å². The van der Waals surface area contributed by atoms with Crippen molar-refractivity contribution in [1.29, 1.82) is 0 Å². The van der Waals surface area contributed by atoms with Gasteiger partial charge in [0.25, 0.3) is 0 Å². The molecule has 0 atom stereocenters. The monoisotopic (exact) mass is 409 g/mol. The molecule has 1 aromatic heterocycles. The van der Waals surface area contributed by atoms with Crippen LogP contribution >= 0.6 is 11.6 Å². The predicted octanol–water partition coefficient (Wildman–Crippen LogP) is 3.14. The third-order valence-electron chi connectivity index (χ3n) is 5.29. The summed E-state index contributed by atoms with van der Waals surface area (Å²) in [7, 11) is 0. The van der Waals surface area contributed by atoms with Gasteiger partial charge in [-0.05, 0) is 36.2 Å². The van der Waals surface area contributed by atoms with E-state index < -0.39 is 0 Å². The number of carbonyl (C=O) groups excluding carboxylic acids is 1. The highest BCUT2D eigenvalue weighted by molar-refractivity contribution is 6.30. The number of fused-ring (bicyclic) bond motifs is 1. The van der Waals surface area contributed by atoms with Gasteiger partial charge in [-0.1, -0.05) is 35.9 Å². The summed E-state index contributed by atoms with van der Waals surface area (Å²) >= 11 is 6.01. The Morgan fingerprint density at radius 2 is 1.83 bits per heavy atom. The highest BCUT2D eigenvalue weighted by atomic mass is 35.5. The minimum absolute atomic E-state index is 0.191. The van der Waals surface area contributed by atoms with E-state index in [4.69, 9.17) is 17.3 Å². The van der Waals surface area contributed by atoms with E-state index in [0.717, 1.165) is 48.5 Å². The molecule has 0 bridgehead atoms. The first kappa shape index (κ1) is 19.6. The minimum atomic E-state index is 0.191. The van der Waals surface area contributed by atoms with E-state index in [1.165, 1.54) is 0 Å². The Balaban J connectivity index is 1.29. The lowest BCUT2D eigenvalue weighted by Gasteiger charge is -2.34. The number of aryl methyl sites for hydroxylation is 1. The molecule has 2 heterocycles. The van der Waals surface area contributed by atoms with E-state index in [9.17, 15) is 4.79 Å². The fourth-order valence-corrected chi connectivity index (χ4v) is 3.89. The molecule has 1 amide bonds. The summed E-state index contributed by atoms with van der Waals surface area (Å²) in [6.07, 6.45) is 1.22. The number of nitrogen functional groups attached to an aromatic ring is 1. The Hall–Kier alpha value is -2.70. The SMILES string of the molecule is Nc1nc(CN2CCN(C(=O)CCc3cccc(Cl)c3)CC2)nc2ccccc12. The summed E-state index contributed by atoms with van der Waals surface area (Å²) < 4.78 is 0. The van der Waals surface area contributed by atoms with Gasteiger partial charge in [-0.2, -0.15) is 0 Å². The van der Waals surface area contributed by atoms with Gasteiger partial charge >= 0.3 is 0 Å². The van der Waals surface area contributed by atoms with Crippen molar-refractivity contribution in [3.8, 4) is 0 Å². The molecule has 0 spiro atoms. The van der Waals surface area contributed by atoms with Crippen molar-refractivity contribution < 1.29 is 4.79 Å². The van der Waals surface area contributed by atoms with Crippen LogP contribution in [0.15, 0.2) is 48.5 Å². The molecule has 2 aromatic carbocycles. The van der Waals surface area contributed by atoms with Gasteiger partial charge in [0.15, 0.2) is 0 Å². The lowest BCUT2D eigenvalue weighted by Crippen LogP contribution is -2.48. The van der Waals surface area contributed by atoms with Crippen molar-refractivity contribution in [3.05, 3.63) is 64.9 Å². The average molecular weight is 410 g/mol. The van der Waals surface area contributed by atoms with Crippen molar-refractivity contribution in [2.24, 2.45) is 0 Å². The maximum absolute atomic E-state index is 12.5. The summed E-state index contributed by atoms with van der Waals surface area (Å²) in [5.74, 6) is 1.43. The van der Waals surface area contributed by atoms with Gasteiger partial charge in [0.2, 0.25) is 5.91 Å². The summed E-state index contributed by atoms with van der Waals surface area (Å²) in [6.45, 7) is 3.69. The number of nitrogens with two attached hydrogens (primary N) is 1. The van der Waals surface area contributed by atoms with Crippen LogP contribution in [0.3, 0.4) is 0 Å². The van der Waals surface area contributed by atoms with E-state index in [0.29, 0.717) is 30.2 Å². The molecule has 0 saturated carbocycles. The number of benzene rings is 2. The molecule has 1 aliphatic rings. The quantitative estimate of drug-likeness (QED) is 0.700. The smallest absolute Gasteiger partial charge is 0.222 e. The molecule has 7 heteroatoms. The number of amides is 1. The van der Waals surface area contributed by atoms with Gasteiger partial charge in [0.05, 0.1) is 12.1 Å². The van der Waals surface area contributed by atoms with Crippen LogP contribution in [0.1, 0.15) is 17.8 Å². The molecule has 0 unspecified atom stereocenters. The maximum Gasteiger partial charge on any atom is 0.222 e. The number of piperazine rings is 1. The molecule has 3 aromatic rings. The van der Waals surface area contributed by atoms with Gasteiger partial charge in [0.1, 0.15) is 11.6 Å². The Bertz CT molecular complexity index is 1020. The third kappa shape index (κ3) is 4.83. The van der Waals surface area contributed by atoms with E-state index in [2.05, 4.69) is 14.9 Å². The zero-order chi connectivity index (χ0) is 20.2. The molecule has 0 aliphatic carbocycles. The zero-order valence-corrected chi connectivity index (χ0v) is 17.0. The van der Waals surface area contributed by atoms with Crippen LogP contribution in [0, 0.1) is 0 Å².